The summed E-state index contributed by atoms with van der Waals surface area (Å²) in [6, 6.07) is -0.943. The Morgan fingerprint density at radius 1 is 1.67 bits per heavy atom. The number of carbonyl (C=O) groups excluding carboxylic acids is 1. The molecule has 1 amide bonds. The zero-order valence-corrected chi connectivity index (χ0v) is 8.66. The number of carbonyl (C=O) groups is 2. The summed E-state index contributed by atoms with van der Waals surface area (Å²) in [4.78, 5) is 25.5. The van der Waals surface area contributed by atoms with Crippen LogP contribution in [0.5, 0.6) is 0 Å². The van der Waals surface area contributed by atoms with E-state index in [0.717, 1.165) is 0 Å². The number of hydrogen-bond donors (Lipinski definition) is 3. The maximum absolute atomic E-state index is 11.3. The summed E-state index contributed by atoms with van der Waals surface area (Å²) in [7, 11) is 0. The average molecular weight is 229 g/mol. The minimum absolute atomic E-state index is 0.201. The van der Waals surface area contributed by atoms with Crippen molar-refractivity contribution in [2.75, 3.05) is 6.54 Å². The Hall–Kier alpha value is -1.47. The van der Waals surface area contributed by atoms with Crippen molar-refractivity contribution >= 4 is 23.2 Å². The van der Waals surface area contributed by atoms with Gasteiger partial charge in [-0.05, 0) is 6.42 Å². The number of nitrogens with two attached hydrogens (primary N) is 1. The predicted octanol–water partition coefficient (Wildman–Crippen LogP) is -0.325. The maximum Gasteiger partial charge on any atom is 0.320 e. The molecular weight excluding hydrogens is 218 g/mol. The minimum Gasteiger partial charge on any atom is -0.480 e. The lowest BCUT2D eigenvalue weighted by molar-refractivity contribution is -0.138. The van der Waals surface area contributed by atoms with E-state index >= 15 is 0 Å². The fraction of sp³-hybridized carbons (Fsp3) is 0.375. The number of hydrogen-bond acceptors (Lipinski definition) is 5. The van der Waals surface area contributed by atoms with Gasteiger partial charge in [0.25, 0.3) is 5.91 Å². The largest absolute Gasteiger partial charge is 0.480 e. The Kier molecular flexibility index (Phi) is 4.19. The first kappa shape index (κ1) is 11.6. The summed E-state index contributed by atoms with van der Waals surface area (Å²) in [5, 5.41) is 13.1. The first-order chi connectivity index (χ1) is 7.11. The molecule has 0 fully saturated rings. The van der Waals surface area contributed by atoms with Crippen molar-refractivity contribution in [3.8, 4) is 0 Å². The normalized spacial score (nSPS) is 12.1. The number of nitrogens with zero attached hydrogens (tertiary/aromatic N) is 1. The number of carboxylic acid groups (broad SMARTS) is 1. The number of aromatic nitrogens is 1. The first-order valence-electron chi connectivity index (χ1n) is 4.27. The number of nitrogens with one attached hydrogen (secondary N) is 1. The van der Waals surface area contributed by atoms with Crippen LogP contribution in [0.3, 0.4) is 0 Å². The highest BCUT2D eigenvalue weighted by Gasteiger charge is 2.12. The Morgan fingerprint density at radius 3 is 2.93 bits per heavy atom. The van der Waals surface area contributed by atoms with Crippen molar-refractivity contribution in [3.63, 3.8) is 0 Å². The summed E-state index contributed by atoms with van der Waals surface area (Å²) in [6.45, 7) is 0.228. The summed E-state index contributed by atoms with van der Waals surface area (Å²) >= 11 is 1.23. The molecular formula is C8H11N3O3S. The van der Waals surface area contributed by atoms with Crippen molar-refractivity contribution in [3.05, 3.63) is 16.6 Å². The van der Waals surface area contributed by atoms with Crippen molar-refractivity contribution in [1.29, 1.82) is 0 Å². The highest BCUT2D eigenvalue weighted by atomic mass is 32.1. The van der Waals surface area contributed by atoms with Crippen LogP contribution in [0.1, 0.15) is 16.2 Å². The molecule has 4 N–H and O–H groups in total. The maximum atomic E-state index is 11.3. The van der Waals surface area contributed by atoms with Crippen LogP contribution in [0.15, 0.2) is 11.6 Å². The molecule has 1 aromatic heterocycles. The molecule has 1 heterocycles. The van der Waals surface area contributed by atoms with Gasteiger partial charge in [-0.3, -0.25) is 9.59 Å². The minimum atomic E-state index is -1.07. The molecule has 15 heavy (non-hydrogen) atoms. The van der Waals surface area contributed by atoms with E-state index in [-0.39, 0.29) is 18.9 Å². The summed E-state index contributed by atoms with van der Waals surface area (Å²) in [6.07, 6.45) is 1.73. The Morgan fingerprint density at radius 2 is 2.40 bits per heavy atom. The lowest BCUT2D eigenvalue weighted by Gasteiger charge is -2.06. The van der Waals surface area contributed by atoms with Crippen LogP contribution in [0, 0.1) is 0 Å². The van der Waals surface area contributed by atoms with Gasteiger partial charge in [-0.1, -0.05) is 0 Å². The van der Waals surface area contributed by atoms with E-state index in [0.29, 0.717) is 5.01 Å². The van der Waals surface area contributed by atoms with Crippen LogP contribution in [0.4, 0.5) is 0 Å². The predicted molar refractivity (Wildman–Crippen MR) is 54.7 cm³/mol. The highest BCUT2D eigenvalue weighted by Crippen LogP contribution is 2.02. The van der Waals surface area contributed by atoms with Gasteiger partial charge in [-0.15, -0.1) is 11.3 Å². The zero-order valence-electron chi connectivity index (χ0n) is 7.84. The van der Waals surface area contributed by atoms with Crippen molar-refractivity contribution < 1.29 is 14.7 Å². The Balaban J connectivity index is 2.27. The zero-order chi connectivity index (χ0) is 11.3. The summed E-state index contributed by atoms with van der Waals surface area (Å²) in [5.74, 6) is -1.37. The van der Waals surface area contributed by atoms with Crippen LogP contribution in [0.25, 0.3) is 0 Å². The number of amides is 1. The van der Waals surface area contributed by atoms with Gasteiger partial charge in [0.15, 0.2) is 5.01 Å². The molecule has 1 aromatic rings. The number of rotatable bonds is 5. The smallest absolute Gasteiger partial charge is 0.320 e. The Bertz CT molecular complexity index is 339. The second kappa shape index (κ2) is 5.42. The van der Waals surface area contributed by atoms with Gasteiger partial charge < -0.3 is 16.2 Å². The van der Waals surface area contributed by atoms with Crippen LogP contribution >= 0.6 is 11.3 Å². The van der Waals surface area contributed by atoms with Gasteiger partial charge >= 0.3 is 5.97 Å². The third-order valence-electron chi connectivity index (χ3n) is 1.68. The molecule has 82 valence electrons. The first-order valence-corrected chi connectivity index (χ1v) is 5.15. The second-order valence-electron chi connectivity index (χ2n) is 2.83. The fourth-order valence-electron chi connectivity index (χ4n) is 0.876. The molecule has 6 nitrogen and oxygen atoms in total. The molecule has 0 aliphatic heterocycles. The summed E-state index contributed by atoms with van der Waals surface area (Å²) in [5.41, 5.74) is 5.26. The number of carboxylic acids is 1. The monoisotopic (exact) mass is 229 g/mol. The quantitative estimate of drug-likeness (QED) is 0.641. The molecule has 0 aromatic carbocycles. The molecule has 0 saturated heterocycles. The second-order valence-corrected chi connectivity index (χ2v) is 3.72. The number of aliphatic carboxylic acids is 1. The molecule has 1 atom stereocenters. The molecule has 1 rings (SSSR count). The molecule has 1 unspecified atom stereocenters. The van der Waals surface area contributed by atoms with Gasteiger partial charge in [-0.2, -0.15) is 0 Å². The molecule has 0 radical (unpaired) electrons. The Labute approximate surface area is 90.1 Å². The fourth-order valence-corrected chi connectivity index (χ4v) is 1.43. The SMILES string of the molecule is NC(CCNC(=O)c1nccs1)C(=O)O. The topological polar surface area (TPSA) is 105 Å². The van der Waals surface area contributed by atoms with Crippen molar-refractivity contribution in [2.45, 2.75) is 12.5 Å². The van der Waals surface area contributed by atoms with Crippen molar-refractivity contribution in [1.82, 2.24) is 10.3 Å². The lowest BCUT2D eigenvalue weighted by atomic mass is 10.2. The van der Waals surface area contributed by atoms with Gasteiger partial charge in [0.1, 0.15) is 6.04 Å². The molecule has 0 aliphatic carbocycles. The van der Waals surface area contributed by atoms with E-state index in [4.69, 9.17) is 10.8 Å². The van der Waals surface area contributed by atoms with E-state index in [1.165, 1.54) is 17.5 Å². The van der Waals surface area contributed by atoms with Crippen LogP contribution in [-0.4, -0.2) is 34.6 Å². The molecule has 0 saturated carbocycles. The highest BCUT2D eigenvalue weighted by molar-refractivity contribution is 7.11. The van der Waals surface area contributed by atoms with Gasteiger partial charge in [-0.25, -0.2) is 4.98 Å². The lowest BCUT2D eigenvalue weighted by Crippen LogP contribution is -2.35. The average Bonchev–Trinajstić information content (AvgIpc) is 2.70. The van der Waals surface area contributed by atoms with E-state index in [1.807, 2.05) is 0 Å². The van der Waals surface area contributed by atoms with Gasteiger partial charge in [0.2, 0.25) is 0 Å². The molecule has 0 spiro atoms. The third kappa shape index (κ3) is 3.64. The standard InChI is InChI=1S/C8H11N3O3S/c9-5(8(13)14)1-2-10-6(12)7-11-3-4-15-7/h3-5H,1-2,9H2,(H,10,12)(H,13,14). The van der Waals surface area contributed by atoms with Crippen molar-refractivity contribution in [2.24, 2.45) is 5.73 Å². The molecule has 7 heteroatoms. The van der Waals surface area contributed by atoms with Crippen LogP contribution in [-0.2, 0) is 4.79 Å². The van der Waals surface area contributed by atoms with Gasteiger partial charge in [0.05, 0.1) is 0 Å². The van der Waals surface area contributed by atoms with E-state index < -0.39 is 12.0 Å². The third-order valence-corrected chi connectivity index (χ3v) is 2.46. The number of thiazole rings is 1. The van der Waals surface area contributed by atoms with Gasteiger partial charge in [0, 0.05) is 18.1 Å². The molecule has 0 bridgehead atoms. The van der Waals surface area contributed by atoms with E-state index in [9.17, 15) is 9.59 Å². The summed E-state index contributed by atoms with van der Waals surface area (Å²) < 4.78 is 0. The van der Waals surface area contributed by atoms with E-state index in [2.05, 4.69) is 10.3 Å². The van der Waals surface area contributed by atoms with Crippen LogP contribution < -0.4 is 11.1 Å². The van der Waals surface area contributed by atoms with E-state index in [1.54, 1.807) is 5.38 Å². The van der Waals surface area contributed by atoms with Crippen LogP contribution in [0.2, 0.25) is 0 Å². The molecule has 0 aliphatic rings.